The van der Waals surface area contributed by atoms with Gasteiger partial charge in [0.25, 0.3) is 0 Å². The zero-order valence-corrected chi connectivity index (χ0v) is 12.9. The Kier molecular flexibility index (Phi) is 6.63. The van der Waals surface area contributed by atoms with E-state index in [0.29, 0.717) is 12.5 Å². The van der Waals surface area contributed by atoms with Crippen LogP contribution in [0.2, 0.25) is 0 Å². The second-order valence-corrected chi connectivity index (χ2v) is 6.52. The number of alkyl carbamates (subject to hydrolysis) is 1. The average Bonchev–Trinajstić information content (AvgIpc) is 2.29. The zero-order chi connectivity index (χ0) is 14.3. The van der Waals surface area contributed by atoms with Crippen molar-refractivity contribution >= 4 is 6.09 Å². The van der Waals surface area contributed by atoms with Crippen molar-refractivity contribution in [2.75, 3.05) is 19.6 Å². The molecule has 2 unspecified atom stereocenters. The summed E-state index contributed by atoms with van der Waals surface area (Å²) in [6.45, 7) is 10.8. The van der Waals surface area contributed by atoms with Crippen LogP contribution in [-0.2, 0) is 4.74 Å². The number of nitrogens with one attached hydrogen (secondary N) is 2. The molecule has 19 heavy (non-hydrogen) atoms. The quantitative estimate of drug-likeness (QED) is 0.807. The lowest BCUT2D eigenvalue weighted by atomic mass is 9.81. The van der Waals surface area contributed by atoms with Crippen molar-refractivity contribution < 1.29 is 9.53 Å². The number of carbonyl (C=O) groups is 1. The first kappa shape index (κ1) is 16.3. The van der Waals surface area contributed by atoms with E-state index in [0.717, 1.165) is 25.4 Å². The Bertz CT molecular complexity index is 272. The molecule has 4 heteroatoms. The number of ether oxygens (including phenoxy) is 1. The number of rotatable bonds is 5. The summed E-state index contributed by atoms with van der Waals surface area (Å²) in [6.07, 6.45) is 4.56. The fourth-order valence-corrected chi connectivity index (χ4v) is 2.74. The fourth-order valence-electron chi connectivity index (χ4n) is 2.74. The van der Waals surface area contributed by atoms with Crippen molar-refractivity contribution in [3.8, 4) is 0 Å². The van der Waals surface area contributed by atoms with Crippen LogP contribution in [0.4, 0.5) is 4.79 Å². The normalized spacial score (nSPS) is 24.0. The second kappa shape index (κ2) is 7.73. The van der Waals surface area contributed by atoms with Crippen LogP contribution in [0.15, 0.2) is 0 Å². The molecule has 112 valence electrons. The fraction of sp³-hybridized carbons (Fsp3) is 0.933. The molecule has 0 radical (unpaired) electrons. The minimum absolute atomic E-state index is 0.302. The monoisotopic (exact) mass is 270 g/mol. The molecule has 0 bridgehead atoms. The van der Waals surface area contributed by atoms with Gasteiger partial charge < -0.3 is 15.4 Å². The van der Waals surface area contributed by atoms with Gasteiger partial charge in [-0.05, 0) is 58.5 Å². The molecule has 1 rings (SSSR count). The van der Waals surface area contributed by atoms with Gasteiger partial charge in [-0.2, -0.15) is 0 Å². The molecule has 0 aliphatic carbocycles. The van der Waals surface area contributed by atoms with Gasteiger partial charge in [0.2, 0.25) is 0 Å². The van der Waals surface area contributed by atoms with Crippen molar-refractivity contribution in [1.82, 2.24) is 10.6 Å². The molecule has 1 heterocycles. The first-order valence-corrected chi connectivity index (χ1v) is 7.60. The van der Waals surface area contributed by atoms with Gasteiger partial charge in [-0.3, -0.25) is 0 Å². The van der Waals surface area contributed by atoms with Crippen LogP contribution in [-0.4, -0.2) is 31.3 Å². The molecule has 0 aromatic heterocycles. The molecule has 1 fully saturated rings. The lowest BCUT2D eigenvalue weighted by molar-refractivity contribution is 0.0521. The van der Waals surface area contributed by atoms with Crippen molar-refractivity contribution in [2.24, 2.45) is 11.8 Å². The van der Waals surface area contributed by atoms with Gasteiger partial charge in [0.05, 0.1) is 0 Å². The summed E-state index contributed by atoms with van der Waals surface area (Å²) in [4.78, 5) is 11.6. The van der Waals surface area contributed by atoms with Crippen LogP contribution in [0, 0.1) is 11.8 Å². The van der Waals surface area contributed by atoms with Gasteiger partial charge in [0.15, 0.2) is 0 Å². The molecule has 4 nitrogen and oxygen atoms in total. The number of carbonyl (C=O) groups excluding carboxylic acids is 1. The van der Waals surface area contributed by atoms with Gasteiger partial charge in [-0.15, -0.1) is 0 Å². The SMILES string of the molecule is CCCC1CCNCC1CCNC(=O)OC(C)(C)C. The summed E-state index contributed by atoms with van der Waals surface area (Å²) >= 11 is 0. The molecule has 2 atom stereocenters. The van der Waals surface area contributed by atoms with E-state index in [4.69, 9.17) is 4.74 Å². The molecule has 1 saturated heterocycles. The van der Waals surface area contributed by atoms with Gasteiger partial charge in [-0.1, -0.05) is 19.8 Å². The van der Waals surface area contributed by atoms with Gasteiger partial charge in [-0.25, -0.2) is 4.79 Å². The lowest BCUT2D eigenvalue weighted by Gasteiger charge is -2.32. The van der Waals surface area contributed by atoms with Crippen LogP contribution in [0.25, 0.3) is 0 Å². The maximum absolute atomic E-state index is 11.6. The molecule has 1 aliphatic rings. The molecule has 2 N–H and O–H groups in total. The topological polar surface area (TPSA) is 50.4 Å². The smallest absolute Gasteiger partial charge is 0.407 e. The van der Waals surface area contributed by atoms with Crippen LogP contribution in [0.1, 0.15) is 53.4 Å². The zero-order valence-electron chi connectivity index (χ0n) is 12.9. The molecule has 0 saturated carbocycles. The molecule has 0 spiro atoms. The first-order valence-electron chi connectivity index (χ1n) is 7.60. The molecular weight excluding hydrogens is 240 g/mol. The van der Waals surface area contributed by atoms with Crippen LogP contribution < -0.4 is 10.6 Å². The van der Waals surface area contributed by atoms with E-state index < -0.39 is 5.60 Å². The van der Waals surface area contributed by atoms with E-state index in [1.807, 2.05) is 20.8 Å². The predicted octanol–water partition coefficient (Wildman–Crippen LogP) is 2.93. The van der Waals surface area contributed by atoms with Crippen molar-refractivity contribution in [3.05, 3.63) is 0 Å². The van der Waals surface area contributed by atoms with E-state index in [1.54, 1.807) is 0 Å². The number of piperidine rings is 1. The first-order chi connectivity index (χ1) is 8.92. The minimum Gasteiger partial charge on any atom is -0.444 e. The molecule has 0 aromatic carbocycles. The molecular formula is C15H30N2O2. The van der Waals surface area contributed by atoms with Gasteiger partial charge in [0, 0.05) is 6.54 Å². The Labute approximate surface area is 117 Å². The lowest BCUT2D eigenvalue weighted by Crippen LogP contribution is -2.39. The Hall–Kier alpha value is -0.770. The molecule has 0 aromatic rings. The third-order valence-electron chi connectivity index (χ3n) is 3.61. The van der Waals surface area contributed by atoms with E-state index in [9.17, 15) is 4.79 Å². The average molecular weight is 270 g/mol. The summed E-state index contributed by atoms with van der Waals surface area (Å²) in [5, 5.41) is 6.32. The van der Waals surface area contributed by atoms with Crippen LogP contribution in [0.5, 0.6) is 0 Å². The van der Waals surface area contributed by atoms with Crippen LogP contribution >= 0.6 is 0 Å². The highest BCUT2D eigenvalue weighted by Gasteiger charge is 2.24. The van der Waals surface area contributed by atoms with E-state index in [1.165, 1.54) is 19.3 Å². The van der Waals surface area contributed by atoms with Gasteiger partial charge in [0.1, 0.15) is 5.60 Å². The van der Waals surface area contributed by atoms with Crippen molar-refractivity contribution in [3.63, 3.8) is 0 Å². The summed E-state index contributed by atoms with van der Waals surface area (Å²) in [5.74, 6) is 1.50. The summed E-state index contributed by atoms with van der Waals surface area (Å²) < 4.78 is 5.24. The molecule has 1 amide bonds. The Morgan fingerprint density at radius 1 is 1.32 bits per heavy atom. The second-order valence-electron chi connectivity index (χ2n) is 6.52. The maximum Gasteiger partial charge on any atom is 0.407 e. The summed E-state index contributed by atoms with van der Waals surface area (Å²) in [6, 6.07) is 0. The standard InChI is InChI=1S/C15H30N2O2/c1-5-6-12-7-9-16-11-13(12)8-10-17-14(18)19-15(2,3)4/h12-13,16H,5-11H2,1-4H3,(H,17,18). The van der Waals surface area contributed by atoms with Crippen LogP contribution in [0.3, 0.4) is 0 Å². The number of hydrogen-bond donors (Lipinski definition) is 2. The Balaban J connectivity index is 2.25. The van der Waals surface area contributed by atoms with E-state index in [2.05, 4.69) is 17.6 Å². The minimum atomic E-state index is -0.415. The highest BCUT2D eigenvalue weighted by molar-refractivity contribution is 5.67. The maximum atomic E-state index is 11.6. The molecule has 1 aliphatic heterocycles. The Morgan fingerprint density at radius 2 is 2.05 bits per heavy atom. The predicted molar refractivity (Wildman–Crippen MR) is 78.2 cm³/mol. The van der Waals surface area contributed by atoms with Gasteiger partial charge >= 0.3 is 6.09 Å². The van der Waals surface area contributed by atoms with E-state index in [-0.39, 0.29) is 6.09 Å². The van der Waals surface area contributed by atoms with E-state index >= 15 is 0 Å². The van der Waals surface area contributed by atoms with Crippen molar-refractivity contribution in [1.29, 1.82) is 0 Å². The largest absolute Gasteiger partial charge is 0.444 e. The van der Waals surface area contributed by atoms with Crippen molar-refractivity contribution in [2.45, 2.75) is 59.0 Å². The highest BCUT2D eigenvalue weighted by atomic mass is 16.6. The third-order valence-corrected chi connectivity index (χ3v) is 3.61. The number of amides is 1. The Morgan fingerprint density at radius 3 is 2.68 bits per heavy atom. The summed E-state index contributed by atoms with van der Waals surface area (Å²) in [7, 11) is 0. The number of hydrogen-bond acceptors (Lipinski definition) is 3. The highest BCUT2D eigenvalue weighted by Crippen LogP contribution is 2.26. The third kappa shape index (κ3) is 6.81. The summed E-state index contributed by atoms with van der Waals surface area (Å²) in [5.41, 5.74) is -0.415.